The Kier molecular flexibility index (Phi) is 3.36. The van der Waals surface area contributed by atoms with Gasteiger partial charge in [0.25, 0.3) is 5.91 Å². The summed E-state index contributed by atoms with van der Waals surface area (Å²) in [5.41, 5.74) is -0.251. The molecule has 1 fully saturated rings. The highest BCUT2D eigenvalue weighted by molar-refractivity contribution is 5.94. The Hall–Kier alpha value is -1.85. The SMILES string of the molecule is CCCn1cc(C(=O)NCC2(C(=O)O)CC2)cn1. The van der Waals surface area contributed by atoms with Crippen LogP contribution in [0.4, 0.5) is 0 Å². The number of hydrogen-bond donors (Lipinski definition) is 2. The Labute approximate surface area is 105 Å². The first-order valence-corrected chi connectivity index (χ1v) is 6.11. The zero-order valence-corrected chi connectivity index (χ0v) is 10.3. The zero-order chi connectivity index (χ0) is 13.2. The summed E-state index contributed by atoms with van der Waals surface area (Å²) in [7, 11) is 0. The van der Waals surface area contributed by atoms with Crippen molar-refractivity contribution in [2.75, 3.05) is 6.54 Å². The molecule has 6 heteroatoms. The van der Waals surface area contributed by atoms with E-state index in [1.165, 1.54) is 6.20 Å². The molecule has 18 heavy (non-hydrogen) atoms. The predicted molar refractivity (Wildman–Crippen MR) is 64.2 cm³/mol. The Balaban J connectivity index is 1.89. The second-order valence-electron chi connectivity index (χ2n) is 4.76. The highest BCUT2D eigenvalue weighted by atomic mass is 16.4. The number of aromatic nitrogens is 2. The molecule has 0 radical (unpaired) electrons. The summed E-state index contributed by atoms with van der Waals surface area (Å²) in [6, 6.07) is 0. The maximum Gasteiger partial charge on any atom is 0.311 e. The number of rotatable bonds is 6. The van der Waals surface area contributed by atoms with Gasteiger partial charge < -0.3 is 10.4 Å². The number of amides is 1. The summed E-state index contributed by atoms with van der Waals surface area (Å²) in [6.07, 6.45) is 5.41. The Morgan fingerprint density at radius 1 is 1.56 bits per heavy atom. The normalized spacial score (nSPS) is 16.3. The van der Waals surface area contributed by atoms with Gasteiger partial charge in [0.05, 0.1) is 17.2 Å². The van der Waals surface area contributed by atoms with Gasteiger partial charge in [-0.05, 0) is 19.3 Å². The number of aryl methyl sites for hydroxylation is 1. The van der Waals surface area contributed by atoms with Crippen LogP contribution in [0.3, 0.4) is 0 Å². The molecule has 6 nitrogen and oxygen atoms in total. The summed E-state index contributed by atoms with van der Waals surface area (Å²) in [5, 5.41) is 15.7. The first kappa shape index (κ1) is 12.6. The molecular weight excluding hydrogens is 234 g/mol. The minimum absolute atomic E-state index is 0.195. The average Bonchev–Trinajstić information content (AvgIpc) is 3.00. The van der Waals surface area contributed by atoms with Crippen molar-refractivity contribution in [3.63, 3.8) is 0 Å². The van der Waals surface area contributed by atoms with Gasteiger partial charge in [0, 0.05) is 19.3 Å². The van der Waals surface area contributed by atoms with E-state index in [1.807, 2.05) is 6.92 Å². The minimum Gasteiger partial charge on any atom is -0.481 e. The summed E-state index contributed by atoms with van der Waals surface area (Å²) < 4.78 is 1.71. The van der Waals surface area contributed by atoms with Crippen molar-refractivity contribution >= 4 is 11.9 Å². The Morgan fingerprint density at radius 2 is 2.28 bits per heavy atom. The summed E-state index contributed by atoms with van der Waals surface area (Å²) in [6.45, 7) is 3.00. The van der Waals surface area contributed by atoms with Crippen LogP contribution in [-0.4, -0.2) is 33.3 Å². The largest absolute Gasteiger partial charge is 0.481 e. The van der Waals surface area contributed by atoms with Gasteiger partial charge in [0.2, 0.25) is 0 Å². The van der Waals surface area contributed by atoms with E-state index >= 15 is 0 Å². The van der Waals surface area contributed by atoms with E-state index in [9.17, 15) is 9.59 Å². The number of carboxylic acids is 1. The van der Waals surface area contributed by atoms with Crippen LogP contribution in [0.15, 0.2) is 12.4 Å². The van der Waals surface area contributed by atoms with Gasteiger partial charge in [-0.15, -0.1) is 0 Å². The van der Waals surface area contributed by atoms with Gasteiger partial charge in [0.1, 0.15) is 0 Å². The number of nitrogens with zero attached hydrogens (tertiary/aromatic N) is 2. The average molecular weight is 251 g/mol. The summed E-state index contributed by atoms with van der Waals surface area (Å²) in [4.78, 5) is 22.8. The lowest BCUT2D eigenvalue weighted by atomic mass is 10.1. The van der Waals surface area contributed by atoms with Crippen LogP contribution in [-0.2, 0) is 11.3 Å². The Bertz CT molecular complexity index is 463. The van der Waals surface area contributed by atoms with Gasteiger partial charge in [-0.1, -0.05) is 6.92 Å². The molecular formula is C12H17N3O3. The molecule has 1 amide bonds. The molecule has 1 aliphatic carbocycles. The topological polar surface area (TPSA) is 84.2 Å². The number of nitrogens with one attached hydrogen (secondary N) is 1. The molecule has 2 rings (SSSR count). The second-order valence-corrected chi connectivity index (χ2v) is 4.76. The van der Waals surface area contributed by atoms with Gasteiger partial charge in [-0.25, -0.2) is 0 Å². The molecule has 0 bridgehead atoms. The van der Waals surface area contributed by atoms with Crippen LogP contribution in [0, 0.1) is 5.41 Å². The molecule has 1 saturated carbocycles. The Morgan fingerprint density at radius 3 is 2.83 bits per heavy atom. The van der Waals surface area contributed by atoms with Crippen molar-refractivity contribution in [1.29, 1.82) is 0 Å². The van der Waals surface area contributed by atoms with E-state index in [2.05, 4.69) is 10.4 Å². The van der Waals surface area contributed by atoms with Crippen LogP contribution in [0.2, 0.25) is 0 Å². The lowest BCUT2D eigenvalue weighted by molar-refractivity contribution is -0.143. The number of carbonyl (C=O) groups excluding carboxylic acids is 1. The molecule has 0 unspecified atom stereocenters. The number of carbonyl (C=O) groups is 2. The maximum absolute atomic E-state index is 11.8. The molecule has 1 heterocycles. The highest BCUT2D eigenvalue weighted by Gasteiger charge is 2.50. The maximum atomic E-state index is 11.8. The van der Waals surface area contributed by atoms with Crippen molar-refractivity contribution in [3.8, 4) is 0 Å². The van der Waals surface area contributed by atoms with Crippen molar-refractivity contribution in [2.24, 2.45) is 5.41 Å². The molecule has 98 valence electrons. The van der Waals surface area contributed by atoms with Crippen LogP contribution in [0.25, 0.3) is 0 Å². The lowest BCUT2D eigenvalue weighted by Crippen LogP contribution is -2.34. The smallest absolute Gasteiger partial charge is 0.311 e. The van der Waals surface area contributed by atoms with E-state index in [1.54, 1.807) is 10.9 Å². The van der Waals surface area contributed by atoms with Gasteiger partial charge in [-0.3, -0.25) is 14.3 Å². The molecule has 0 aromatic carbocycles. The number of aliphatic carboxylic acids is 1. The monoisotopic (exact) mass is 251 g/mol. The van der Waals surface area contributed by atoms with Crippen LogP contribution >= 0.6 is 0 Å². The van der Waals surface area contributed by atoms with Crippen molar-refractivity contribution < 1.29 is 14.7 Å². The second kappa shape index (κ2) is 4.80. The molecule has 0 aliphatic heterocycles. The molecule has 1 aromatic rings. The van der Waals surface area contributed by atoms with Crippen molar-refractivity contribution in [3.05, 3.63) is 18.0 Å². The number of hydrogen-bond acceptors (Lipinski definition) is 3. The molecule has 0 spiro atoms. The molecule has 0 atom stereocenters. The van der Waals surface area contributed by atoms with Crippen LogP contribution in [0.1, 0.15) is 36.5 Å². The first-order valence-electron chi connectivity index (χ1n) is 6.11. The third-order valence-electron chi connectivity index (χ3n) is 3.24. The van der Waals surface area contributed by atoms with Gasteiger partial charge in [-0.2, -0.15) is 5.10 Å². The van der Waals surface area contributed by atoms with E-state index in [4.69, 9.17) is 5.11 Å². The third-order valence-corrected chi connectivity index (χ3v) is 3.24. The first-order chi connectivity index (χ1) is 8.57. The van der Waals surface area contributed by atoms with Gasteiger partial charge >= 0.3 is 5.97 Å². The third kappa shape index (κ3) is 2.52. The molecule has 2 N–H and O–H groups in total. The molecule has 0 saturated heterocycles. The van der Waals surface area contributed by atoms with Crippen molar-refractivity contribution in [2.45, 2.75) is 32.7 Å². The molecule has 1 aromatic heterocycles. The minimum atomic E-state index is -0.829. The fraction of sp³-hybridized carbons (Fsp3) is 0.583. The predicted octanol–water partition coefficient (Wildman–Crippen LogP) is 0.888. The standard InChI is InChI=1S/C12H17N3O3/c1-2-5-15-7-9(6-14-15)10(16)13-8-12(3-4-12)11(17)18/h6-7H,2-5,8H2,1H3,(H,13,16)(H,17,18). The van der Waals surface area contributed by atoms with E-state index in [0.717, 1.165) is 13.0 Å². The van der Waals surface area contributed by atoms with Crippen LogP contribution in [0.5, 0.6) is 0 Å². The highest BCUT2D eigenvalue weighted by Crippen LogP contribution is 2.45. The summed E-state index contributed by atoms with van der Waals surface area (Å²) >= 11 is 0. The van der Waals surface area contributed by atoms with Crippen LogP contribution < -0.4 is 5.32 Å². The van der Waals surface area contributed by atoms with Crippen molar-refractivity contribution in [1.82, 2.24) is 15.1 Å². The molecule has 1 aliphatic rings. The van der Waals surface area contributed by atoms with E-state index in [0.29, 0.717) is 18.4 Å². The zero-order valence-electron chi connectivity index (χ0n) is 10.3. The van der Waals surface area contributed by atoms with Gasteiger partial charge in [0.15, 0.2) is 0 Å². The number of carboxylic acid groups (broad SMARTS) is 1. The van der Waals surface area contributed by atoms with E-state index in [-0.39, 0.29) is 12.5 Å². The lowest BCUT2D eigenvalue weighted by Gasteiger charge is -2.10. The fourth-order valence-electron chi connectivity index (χ4n) is 1.80. The quantitative estimate of drug-likeness (QED) is 0.786. The summed E-state index contributed by atoms with van der Waals surface area (Å²) in [5.74, 6) is -1.09. The fourth-order valence-corrected chi connectivity index (χ4v) is 1.80. The van der Waals surface area contributed by atoms with E-state index < -0.39 is 11.4 Å².